The highest BCUT2D eigenvalue weighted by atomic mass is 16.5. The van der Waals surface area contributed by atoms with Crippen molar-refractivity contribution in [1.29, 1.82) is 0 Å². The summed E-state index contributed by atoms with van der Waals surface area (Å²) in [6, 6.07) is 11.0. The first-order valence-corrected chi connectivity index (χ1v) is 9.89. The van der Waals surface area contributed by atoms with E-state index in [0.29, 0.717) is 30.1 Å². The quantitative estimate of drug-likeness (QED) is 0.542. The van der Waals surface area contributed by atoms with Crippen LogP contribution in [0.25, 0.3) is 21.9 Å². The molecule has 3 N–H and O–H groups in total. The number of quaternary nitrogens is 1. The number of carbonyl (C=O) groups is 2. The van der Waals surface area contributed by atoms with E-state index in [1.54, 1.807) is 13.2 Å². The number of likely N-dealkylation sites (N-methyl/N-ethyl adjacent to an activating group) is 2. The zero-order valence-electron chi connectivity index (χ0n) is 17.3. The van der Waals surface area contributed by atoms with Crippen LogP contribution in [-0.2, 0) is 9.59 Å². The Morgan fingerprint density at radius 2 is 1.90 bits per heavy atom. The number of hydrogen-bond donors (Lipinski definition) is 3. The number of para-hydroxylation sites is 1. The lowest BCUT2D eigenvalue weighted by Crippen LogP contribution is -3.17. The number of hydrogen-bond acceptors (Lipinski definition) is 4. The summed E-state index contributed by atoms with van der Waals surface area (Å²) in [5, 5.41) is 7.65. The first-order valence-electron chi connectivity index (χ1n) is 9.89. The summed E-state index contributed by atoms with van der Waals surface area (Å²) in [6.45, 7) is 7.13. The zero-order valence-corrected chi connectivity index (χ0v) is 17.3. The normalized spacial score (nSPS) is 13.2. The van der Waals surface area contributed by atoms with Gasteiger partial charge in [0.15, 0.2) is 12.6 Å². The summed E-state index contributed by atoms with van der Waals surface area (Å²) < 4.78 is 11.4. The largest absolute Gasteiger partial charge is 0.495 e. The van der Waals surface area contributed by atoms with Gasteiger partial charge in [0, 0.05) is 23.4 Å². The molecule has 1 aromatic heterocycles. The van der Waals surface area contributed by atoms with Gasteiger partial charge in [-0.15, -0.1) is 0 Å². The molecule has 1 unspecified atom stereocenters. The SMILES string of the molecule is CCNC(=O)C[NH+](CC)[C@H](C)C(=O)Nc1cc2oc3ccccc3c2cc1OC. The van der Waals surface area contributed by atoms with Crippen LogP contribution in [0.2, 0.25) is 0 Å². The second-order valence-corrected chi connectivity index (χ2v) is 7.00. The third-order valence-corrected chi connectivity index (χ3v) is 5.18. The van der Waals surface area contributed by atoms with E-state index in [2.05, 4.69) is 10.6 Å². The standard InChI is InChI=1S/C22H27N3O4/c1-5-23-21(26)13-25(6-2)14(3)22(27)24-17-12-19-16(11-20(17)28-4)15-9-7-8-10-18(15)29-19/h7-12,14H,5-6,13H2,1-4H3,(H,23,26)(H,24,27)/p+1/t14-/m1/s1. The lowest BCUT2D eigenvalue weighted by atomic mass is 10.1. The van der Waals surface area contributed by atoms with Gasteiger partial charge in [-0.05, 0) is 32.9 Å². The Kier molecular flexibility index (Phi) is 6.39. The third-order valence-electron chi connectivity index (χ3n) is 5.18. The highest BCUT2D eigenvalue weighted by Crippen LogP contribution is 2.36. The van der Waals surface area contributed by atoms with E-state index in [-0.39, 0.29) is 18.4 Å². The highest BCUT2D eigenvalue weighted by Gasteiger charge is 2.27. The number of rotatable bonds is 8. The van der Waals surface area contributed by atoms with Gasteiger partial charge in [-0.3, -0.25) is 9.59 Å². The molecule has 1 heterocycles. The van der Waals surface area contributed by atoms with Crippen LogP contribution in [0.3, 0.4) is 0 Å². The van der Waals surface area contributed by atoms with E-state index in [4.69, 9.17) is 9.15 Å². The van der Waals surface area contributed by atoms with Gasteiger partial charge < -0.3 is 24.7 Å². The fourth-order valence-corrected chi connectivity index (χ4v) is 3.49. The summed E-state index contributed by atoms with van der Waals surface area (Å²) in [4.78, 5) is 25.7. The van der Waals surface area contributed by atoms with Crippen molar-refractivity contribution in [3.8, 4) is 5.75 Å². The molecular formula is C22H28N3O4+. The smallest absolute Gasteiger partial charge is 0.282 e. The van der Waals surface area contributed by atoms with E-state index in [1.165, 1.54) is 0 Å². The Hall–Kier alpha value is -3.06. The van der Waals surface area contributed by atoms with Crippen LogP contribution in [0.4, 0.5) is 5.69 Å². The van der Waals surface area contributed by atoms with Crippen LogP contribution in [0, 0.1) is 0 Å². The van der Waals surface area contributed by atoms with Gasteiger partial charge >= 0.3 is 0 Å². The number of ether oxygens (including phenoxy) is 1. The van der Waals surface area contributed by atoms with Crippen molar-refractivity contribution < 1.29 is 23.6 Å². The predicted molar refractivity (Wildman–Crippen MR) is 113 cm³/mol. The number of nitrogens with one attached hydrogen (secondary N) is 3. The fraction of sp³-hybridized carbons (Fsp3) is 0.364. The minimum Gasteiger partial charge on any atom is -0.495 e. The first kappa shape index (κ1) is 20.7. The van der Waals surface area contributed by atoms with Gasteiger partial charge in [0.1, 0.15) is 16.9 Å². The average molecular weight is 398 g/mol. The van der Waals surface area contributed by atoms with Gasteiger partial charge in [0.2, 0.25) is 0 Å². The van der Waals surface area contributed by atoms with Crippen LogP contribution in [-0.4, -0.2) is 44.6 Å². The van der Waals surface area contributed by atoms with Gasteiger partial charge in [0.05, 0.1) is 19.3 Å². The van der Waals surface area contributed by atoms with Crippen molar-refractivity contribution in [1.82, 2.24) is 5.32 Å². The average Bonchev–Trinajstić information content (AvgIpc) is 3.08. The summed E-state index contributed by atoms with van der Waals surface area (Å²) in [5.74, 6) is 0.316. The molecule has 0 saturated heterocycles. The lowest BCUT2D eigenvalue weighted by Gasteiger charge is -2.23. The molecular weight excluding hydrogens is 370 g/mol. The van der Waals surface area contributed by atoms with Crippen molar-refractivity contribution in [3.63, 3.8) is 0 Å². The molecule has 0 spiro atoms. The second-order valence-electron chi connectivity index (χ2n) is 7.00. The van der Waals surface area contributed by atoms with Gasteiger partial charge in [0.25, 0.3) is 11.8 Å². The molecule has 0 aliphatic carbocycles. The molecule has 7 heteroatoms. The monoisotopic (exact) mass is 398 g/mol. The number of amides is 2. The minimum absolute atomic E-state index is 0.0646. The molecule has 2 amide bonds. The molecule has 2 atom stereocenters. The molecule has 0 saturated carbocycles. The molecule has 0 radical (unpaired) electrons. The van der Waals surface area contributed by atoms with E-state index in [0.717, 1.165) is 21.3 Å². The number of fused-ring (bicyclic) bond motifs is 3. The van der Waals surface area contributed by atoms with E-state index < -0.39 is 6.04 Å². The Labute approximate surface area is 170 Å². The van der Waals surface area contributed by atoms with Crippen LogP contribution in [0.5, 0.6) is 5.75 Å². The van der Waals surface area contributed by atoms with Crippen molar-refractivity contribution in [2.24, 2.45) is 0 Å². The minimum atomic E-state index is -0.404. The van der Waals surface area contributed by atoms with Crippen molar-refractivity contribution >= 4 is 39.4 Å². The maximum Gasteiger partial charge on any atom is 0.282 e. The molecule has 0 aliphatic rings. The number of benzene rings is 2. The highest BCUT2D eigenvalue weighted by molar-refractivity contribution is 6.08. The summed E-state index contributed by atoms with van der Waals surface area (Å²) in [5.41, 5.74) is 2.01. The van der Waals surface area contributed by atoms with Crippen LogP contribution < -0.4 is 20.3 Å². The molecule has 3 aromatic rings. The van der Waals surface area contributed by atoms with E-state index >= 15 is 0 Å². The number of anilines is 1. The van der Waals surface area contributed by atoms with E-state index in [9.17, 15) is 9.59 Å². The lowest BCUT2D eigenvalue weighted by molar-refractivity contribution is -0.904. The maximum atomic E-state index is 12.9. The van der Waals surface area contributed by atoms with Gasteiger partial charge in [-0.1, -0.05) is 18.2 Å². The summed E-state index contributed by atoms with van der Waals surface area (Å²) >= 11 is 0. The molecule has 0 aliphatic heterocycles. The molecule has 7 nitrogen and oxygen atoms in total. The molecule has 29 heavy (non-hydrogen) atoms. The number of carbonyl (C=O) groups excluding carboxylic acids is 2. The molecule has 2 aromatic carbocycles. The number of methoxy groups -OCH3 is 1. The van der Waals surface area contributed by atoms with Crippen LogP contribution in [0.1, 0.15) is 20.8 Å². The Morgan fingerprint density at radius 3 is 2.59 bits per heavy atom. The predicted octanol–water partition coefficient (Wildman–Crippen LogP) is 1.96. The van der Waals surface area contributed by atoms with Gasteiger partial charge in [-0.2, -0.15) is 0 Å². The Morgan fingerprint density at radius 1 is 1.14 bits per heavy atom. The van der Waals surface area contributed by atoms with Crippen molar-refractivity contribution in [3.05, 3.63) is 36.4 Å². The molecule has 3 rings (SSSR count). The maximum absolute atomic E-state index is 12.9. The Balaban J connectivity index is 1.85. The fourth-order valence-electron chi connectivity index (χ4n) is 3.49. The van der Waals surface area contributed by atoms with E-state index in [1.807, 2.05) is 51.1 Å². The third kappa shape index (κ3) is 4.35. The summed E-state index contributed by atoms with van der Waals surface area (Å²) in [7, 11) is 1.57. The number of furan rings is 1. The summed E-state index contributed by atoms with van der Waals surface area (Å²) in [6.07, 6.45) is 0. The van der Waals surface area contributed by atoms with Crippen LogP contribution in [0.15, 0.2) is 40.8 Å². The topological polar surface area (TPSA) is 85.0 Å². The zero-order chi connectivity index (χ0) is 21.0. The molecule has 0 fully saturated rings. The Bertz CT molecular complexity index is 1030. The van der Waals surface area contributed by atoms with Crippen molar-refractivity contribution in [2.45, 2.75) is 26.8 Å². The molecule has 0 bridgehead atoms. The first-order chi connectivity index (χ1) is 14.0. The van der Waals surface area contributed by atoms with Crippen LogP contribution >= 0.6 is 0 Å². The van der Waals surface area contributed by atoms with Crippen molar-refractivity contribution in [2.75, 3.05) is 32.1 Å². The second kappa shape index (κ2) is 8.96. The van der Waals surface area contributed by atoms with Gasteiger partial charge in [-0.25, -0.2) is 0 Å². The molecule has 154 valence electrons.